The molecule has 0 atom stereocenters. The highest BCUT2D eigenvalue weighted by Crippen LogP contribution is 2.18. The maximum absolute atomic E-state index is 10.9. The van der Waals surface area contributed by atoms with E-state index < -0.39 is 5.97 Å². The second-order valence-corrected chi connectivity index (χ2v) is 4.64. The van der Waals surface area contributed by atoms with Crippen LogP contribution in [0.4, 0.5) is 5.82 Å². The molecule has 0 bridgehead atoms. The Bertz CT molecular complexity index is 616. The molecule has 0 radical (unpaired) electrons. The average Bonchev–Trinajstić information content (AvgIpc) is 2.82. The van der Waals surface area contributed by atoms with Gasteiger partial charge in [-0.05, 0) is 18.9 Å². The van der Waals surface area contributed by atoms with Crippen molar-refractivity contribution < 1.29 is 15.0 Å². The molecule has 2 aromatic heterocycles. The van der Waals surface area contributed by atoms with E-state index in [-0.39, 0.29) is 11.8 Å². The maximum atomic E-state index is 10.9. The van der Waals surface area contributed by atoms with Crippen molar-refractivity contribution in [1.29, 1.82) is 0 Å². The number of hydrogen-bond donors (Lipinski definition) is 2. The van der Waals surface area contributed by atoms with Crippen LogP contribution in [0.2, 0.25) is 0 Å². The van der Waals surface area contributed by atoms with Crippen LogP contribution in [0.5, 0.6) is 0 Å². The Hall–Kier alpha value is -2.15. The standard InChI is InChI=1S/C12H14N4O3/c17-8-1-4-15(5-2-8)10-3-6-16-11(13-10)7-9(14-16)12(18)19/h3,6-8,17H,1-2,4-5H2,(H,18,19). The van der Waals surface area contributed by atoms with Crippen LogP contribution in [0.3, 0.4) is 0 Å². The van der Waals surface area contributed by atoms with Crippen molar-refractivity contribution in [3.05, 3.63) is 24.0 Å². The molecule has 2 N–H and O–H groups in total. The number of hydrogen-bond acceptors (Lipinski definition) is 5. The van der Waals surface area contributed by atoms with E-state index in [1.54, 1.807) is 6.20 Å². The number of nitrogens with zero attached hydrogens (tertiary/aromatic N) is 4. The predicted molar refractivity (Wildman–Crippen MR) is 67.4 cm³/mol. The van der Waals surface area contributed by atoms with E-state index in [2.05, 4.69) is 15.0 Å². The van der Waals surface area contributed by atoms with Gasteiger partial charge in [-0.2, -0.15) is 5.10 Å². The van der Waals surface area contributed by atoms with E-state index in [9.17, 15) is 9.90 Å². The van der Waals surface area contributed by atoms with Gasteiger partial charge in [-0.15, -0.1) is 0 Å². The number of carboxylic acids is 1. The second kappa shape index (κ2) is 4.51. The van der Waals surface area contributed by atoms with Gasteiger partial charge < -0.3 is 15.1 Å². The Kier molecular flexibility index (Phi) is 2.83. The van der Waals surface area contributed by atoms with Crippen LogP contribution in [0.15, 0.2) is 18.3 Å². The Balaban J connectivity index is 1.90. The first-order valence-corrected chi connectivity index (χ1v) is 6.16. The quantitative estimate of drug-likeness (QED) is 0.813. The molecule has 0 amide bonds. The molecule has 0 aromatic carbocycles. The van der Waals surface area contributed by atoms with E-state index in [1.807, 2.05) is 6.07 Å². The largest absolute Gasteiger partial charge is 0.476 e. The predicted octanol–water partition coefficient (Wildman–Crippen LogP) is 0.389. The zero-order chi connectivity index (χ0) is 13.4. The SMILES string of the molecule is O=C(O)c1cc2nc(N3CCC(O)CC3)ccn2n1. The molecule has 0 saturated carbocycles. The molecule has 1 saturated heterocycles. The van der Waals surface area contributed by atoms with Gasteiger partial charge in [-0.25, -0.2) is 14.3 Å². The molecule has 1 fully saturated rings. The third-order valence-electron chi connectivity index (χ3n) is 3.32. The number of rotatable bonds is 2. The smallest absolute Gasteiger partial charge is 0.356 e. The lowest BCUT2D eigenvalue weighted by molar-refractivity contribution is 0.0690. The van der Waals surface area contributed by atoms with Crippen molar-refractivity contribution in [3.63, 3.8) is 0 Å². The van der Waals surface area contributed by atoms with Gasteiger partial charge >= 0.3 is 5.97 Å². The lowest BCUT2D eigenvalue weighted by atomic mass is 10.1. The normalized spacial score (nSPS) is 17.0. The van der Waals surface area contributed by atoms with Crippen molar-refractivity contribution in [2.45, 2.75) is 18.9 Å². The molecular weight excluding hydrogens is 248 g/mol. The fraction of sp³-hybridized carbons (Fsp3) is 0.417. The summed E-state index contributed by atoms with van der Waals surface area (Å²) in [6.07, 6.45) is 2.93. The summed E-state index contributed by atoms with van der Waals surface area (Å²) in [6, 6.07) is 3.26. The van der Waals surface area contributed by atoms with E-state index in [1.165, 1.54) is 10.6 Å². The van der Waals surface area contributed by atoms with Crippen LogP contribution in [-0.4, -0.2) is 50.0 Å². The summed E-state index contributed by atoms with van der Waals surface area (Å²) in [6.45, 7) is 1.51. The first kappa shape index (κ1) is 11.9. The van der Waals surface area contributed by atoms with Crippen molar-refractivity contribution in [3.8, 4) is 0 Å². The van der Waals surface area contributed by atoms with Crippen LogP contribution in [-0.2, 0) is 0 Å². The van der Waals surface area contributed by atoms with Crippen LogP contribution in [0.25, 0.3) is 5.65 Å². The van der Waals surface area contributed by atoms with Gasteiger partial charge in [0, 0.05) is 25.4 Å². The highest BCUT2D eigenvalue weighted by atomic mass is 16.4. The maximum Gasteiger partial charge on any atom is 0.356 e. The third-order valence-corrected chi connectivity index (χ3v) is 3.32. The molecule has 0 unspecified atom stereocenters. The molecule has 1 aliphatic rings. The minimum absolute atomic E-state index is 0.0151. The number of aromatic carboxylic acids is 1. The van der Waals surface area contributed by atoms with E-state index >= 15 is 0 Å². The summed E-state index contributed by atoms with van der Waals surface area (Å²) in [5.41, 5.74) is 0.500. The number of aliphatic hydroxyl groups excluding tert-OH is 1. The van der Waals surface area contributed by atoms with Gasteiger partial charge in [0.1, 0.15) is 5.82 Å². The van der Waals surface area contributed by atoms with Crippen LogP contribution < -0.4 is 4.90 Å². The first-order valence-electron chi connectivity index (χ1n) is 6.16. The van der Waals surface area contributed by atoms with Gasteiger partial charge in [0.25, 0.3) is 0 Å². The molecular formula is C12H14N4O3. The molecule has 7 nitrogen and oxygen atoms in total. The Morgan fingerprint density at radius 1 is 1.37 bits per heavy atom. The Labute approximate surface area is 109 Å². The lowest BCUT2D eigenvalue weighted by Gasteiger charge is -2.30. The molecule has 19 heavy (non-hydrogen) atoms. The molecule has 0 spiro atoms. The number of aromatic nitrogens is 3. The molecule has 0 aliphatic carbocycles. The first-order chi connectivity index (χ1) is 9.13. The van der Waals surface area contributed by atoms with Crippen molar-refractivity contribution in [1.82, 2.24) is 14.6 Å². The monoisotopic (exact) mass is 262 g/mol. The Morgan fingerprint density at radius 3 is 2.79 bits per heavy atom. The molecule has 2 aromatic rings. The van der Waals surface area contributed by atoms with E-state index in [4.69, 9.17) is 5.11 Å². The van der Waals surface area contributed by atoms with Crippen molar-refractivity contribution in [2.24, 2.45) is 0 Å². The fourth-order valence-electron chi connectivity index (χ4n) is 2.25. The topological polar surface area (TPSA) is 91.0 Å². The molecule has 7 heteroatoms. The lowest BCUT2D eigenvalue weighted by Crippen LogP contribution is -2.36. The average molecular weight is 262 g/mol. The summed E-state index contributed by atoms with van der Waals surface area (Å²) in [4.78, 5) is 17.3. The third kappa shape index (κ3) is 2.24. The van der Waals surface area contributed by atoms with Gasteiger partial charge in [0.2, 0.25) is 0 Å². The van der Waals surface area contributed by atoms with E-state index in [0.29, 0.717) is 5.65 Å². The summed E-state index contributed by atoms with van der Waals surface area (Å²) in [5, 5.41) is 22.3. The minimum Gasteiger partial charge on any atom is -0.476 e. The van der Waals surface area contributed by atoms with Gasteiger partial charge in [0.15, 0.2) is 11.3 Å². The van der Waals surface area contributed by atoms with Crippen LogP contribution in [0.1, 0.15) is 23.3 Å². The zero-order valence-corrected chi connectivity index (χ0v) is 10.2. The number of carbonyl (C=O) groups is 1. The van der Waals surface area contributed by atoms with Crippen molar-refractivity contribution >= 4 is 17.4 Å². The number of piperidine rings is 1. The van der Waals surface area contributed by atoms with Gasteiger partial charge in [0.05, 0.1) is 6.10 Å². The highest BCUT2D eigenvalue weighted by Gasteiger charge is 2.19. The summed E-state index contributed by atoms with van der Waals surface area (Å²) in [7, 11) is 0. The molecule has 100 valence electrons. The Morgan fingerprint density at radius 2 is 2.11 bits per heavy atom. The fourth-order valence-corrected chi connectivity index (χ4v) is 2.25. The molecule has 3 heterocycles. The van der Waals surface area contributed by atoms with E-state index in [0.717, 1.165) is 31.7 Å². The molecule has 1 aliphatic heterocycles. The van der Waals surface area contributed by atoms with Crippen LogP contribution in [0, 0.1) is 0 Å². The minimum atomic E-state index is -1.06. The highest BCUT2D eigenvalue weighted by molar-refractivity contribution is 5.86. The summed E-state index contributed by atoms with van der Waals surface area (Å²) >= 11 is 0. The van der Waals surface area contributed by atoms with Crippen LogP contribution >= 0.6 is 0 Å². The van der Waals surface area contributed by atoms with Crippen molar-refractivity contribution in [2.75, 3.05) is 18.0 Å². The molecule has 3 rings (SSSR count). The number of aliphatic hydroxyl groups is 1. The summed E-state index contributed by atoms with van der Waals surface area (Å²) < 4.78 is 1.45. The van der Waals surface area contributed by atoms with Gasteiger partial charge in [-0.3, -0.25) is 0 Å². The van der Waals surface area contributed by atoms with Gasteiger partial charge in [-0.1, -0.05) is 0 Å². The number of carboxylic acid groups (broad SMARTS) is 1. The number of fused-ring (bicyclic) bond motifs is 1. The second-order valence-electron chi connectivity index (χ2n) is 4.64. The number of anilines is 1. The zero-order valence-electron chi connectivity index (χ0n) is 10.2. The summed E-state index contributed by atoms with van der Waals surface area (Å²) in [5.74, 6) is -0.274.